The smallest absolute Gasteiger partial charge is 0.352 e. The lowest BCUT2D eigenvalue weighted by Crippen LogP contribution is -2.37. The zero-order chi connectivity index (χ0) is 21.9. The number of sulfonamides is 1. The first-order chi connectivity index (χ1) is 14.1. The number of amides is 2. The van der Waals surface area contributed by atoms with Crippen LogP contribution in [0.3, 0.4) is 0 Å². The first-order valence-electron chi connectivity index (χ1n) is 9.77. The van der Waals surface area contributed by atoms with E-state index in [-0.39, 0.29) is 24.4 Å². The first-order valence-corrected chi connectivity index (χ1v) is 11.2. The second kappa shape index (κ2) is 8.93. The van der Waals surface area contributed by atoms with E-state index in [1.807, 2.05) is 0 Å². The third-order valence-corrected chi connectivity index (χ3v) is 7.21. The van der Waals surface area contributed by atoms with Crippen LogP contribution in [0, 0.1) is 5.92 Å². The summed E-state index contributed by atoms with van der Waals surface area (Å²) in [5.41, 5.74) is 0.650. The van der Waals surface area contributed by atoms with Gasteiger partial charge in [0.25, 0.3) is 0 Å². The van der Waals surface area contributed by atoms with Crippen molar-refractivity contribution < 1.29 is 31.2 Å². The molecule has 0 radical (unpaired) electrons. The van der Waals surface area contributed by atoms with Crippen molar-refractivity contribution in [3.63, 3.8) is 0 Å². The summed E-state index contributed by atoms with van der Waals surface area (Å²) in [6.45, 7) is -0.524. The van der Waals surface area contributed by atoms with E-state index in [1.54, 1.807) is 12.1 Å². The molecule has 0 aliphatic carbocycles. The number of nitrogens with one attached hydrogen (secondary N) is 1. The van der Waals surface area contributed by atoms with Crippen LogP contribution in [0.25, 0.3) is 0 Å². The highest BCUT2D eigenvalue weighted by Gasteiger charge is 2.40. The fourth-order valence-corrected chi connectivity index (χ4v) is 5.20. The van der Waals surface area contributed by atoms with Gasteiger partial charge in [-0.25, -0.2) is 8.42 Å². The van der Waals surface area contributed by atoms with Gasteiger partial charge in [-0.05, 0) is 30.5 Å². The van der Waals surface area contributed by atoms with Gasteiger partial charge in [0.05, 0.1) is 10.8 Å². The summed E-state index contributed by atoms with van der Waals surface area (Å²) in [7, 11) is -3.54. The van der Waals surface area contributed by atoms with Crippen LogP contribution in [0.5, 0.6) is 0 Å². The molecule has 0 aromatic heterocycles. The Labute approximate surface area is 173 Å². The van der Waals surface area contributed by atoms with Gasteiger partial charge in [-0.15, -0.1) is 0 Å². The predicted octanol–water partition coefficient (Wildman–Crippen LogP) is 1.89. The van der Waals surface area contributed by atoms with Crippen molar-refractivity contribution in [3.8, 4) is 0 Å². The number of halogens is 3. The van der Waals surface area contributed by atoms with E-state index >= 15 is 0 Å². The maximum atomic E-state index is 12.6. The highest BCUT2D eigenvalue weighted by atomic mass is 32.2. The largest absolute Gasteiger partial charge is 0.406 e. The van der Waals surface area contributed by atoms with Crippen LogP contribution in [0.1, 0.15) is 31.2 Å². The molecule has 2 aliphatic rings. The fourth-order valence-electron chi connectivity index (χ4n) is 3.68. The molecule has 166 valence electrons. The normalized spacial score (nSPS) is 21.1. The Morgan fingerprint density at radius 2 is 1.73 bits per heavy atom. The number of carbonyl (C=O) groups is 2. The van der Waals surface area contributed by atoms with Crippen LogP contribution < -0.4 is 5.32 Å². The number of nitrogens with zero attached hydrogens (tertiary/aromatic N) is 2. The van der Waals surface area contributed by atoms with Crippen molar-refractivity contribution in [2.75, 3.05) is 26.2 Å². The second-order valence-corrected chi connectivity index (χ2v) is 9.55. The fraction of sp³-hybridized carbons (Fsp3) is 0.579. The Kier molecular flexibility index (Phi) is 6.71. The van der Waals surface area contributed by atoms with Crippen molar-refractivity contribution in [1.82, 2.24) is 14.5 Å². The van der Waals surface area contributed by atoms with Gasteiger partial charge in [0.15, 0.2) is 0 Å². The van der Waals surface area contributed by atoms with Gasteiger partial charge >= 0.3 is 6.18 Å². The molecule has 30 heavy (non-hydrogen) atoms. The number of hydrogen-bond acceptors (Lipinski definition) is 4. The molecule has 2 saturated heterocycles. The molecule has 0 unspecified atom stereocenters. The minimum absolute atomic E-state index is 0.0901. The van der Waals surface area contributed by atoms with Gasteiger partial charge in [-0.1, -0.05) is 18.6 Å². The van der Waals surface area contributed by atoms with E-state index in [0.29, 0.717) is 23.6 Å². The first kappa shape index (κ1) is 22.5. The Morgan fingerprint density at radius 3 is 2.33 bits per heavy atom. The summed E-state index contributed by atoms with van der Waals surface area (Å²) >= 11 is 0. The predicted molar refractivity (Wildman–Crippen MR) is 102 cm³/mol. The van der Waals surface area contributed by atoms with E-state index < -0.39 is 40.5 Å². The summed E-state index contributed by atoms with van der Waals surface area (Å²) < 4.78 is 64.2. The Balaban J connectivity index is 1.54. The molecule has 3 rings (SSSR count). The molecule has 2 amide bonds. The van der Waals surface area contributed by atoms with Crippen molar-refractivity contribution >= 4 is 21.8 Å². The molecule has 2 aliphatic heterocycles. The van der Waals surface area contributed by atoms with Crippen LogP contribution in [0.2, 0.25) is 0 Å². The zero-order valence-corrected chi connectivity index (χ0v) is 17.1. The zero-order valence-electron chi connectivity index (χ0n) is 16.3. The molecule has 0 bridgehead atoms. The van der Waals surface area contributed by atoms with E-state index in [9.17, 15) is 31.2 Å². The molecule has 2 fully saturated rings. The topological polar surface area (TPSA) is 86.8 Å². The molecule has 1 aromatic carbocycles. The number of hydrogen-bond donors (Lipinski definition) is 1. The third kappa shape index (κ3) is 5.51. The third-order valence-electron chi connectivity index (χ3n) is 5.30. The van der Waals surface area contributed by atoms with Crippen molar-refractivity contribution in [3.05, 3.63) is 29.8 Å². The average molecular weight is 447 g/mol. The second-order valence-electron chi connectivity index (χ2n) is 7.62. The lowest BCUT2D eigenvalue weighted by Gasteiger charge is -2.25. The Morgan fingerprint density at radius 1 is 1.10 bits per heavy atom. The lowest BCUT2D eigenvalue weighted by atomic mass is 10.1. The van der Waals surface area contributed by atoms with Crippen molar-refractivity contribution in [1.29, 1.82) is 0 Å². The van der Waals surface area contributed by atoms with Gasteiger partial charge < -0.3 is 10.2 Å². The van der Waals surface area contributed by atoms with Crippen molar-refractivity contribution in [2.24, 2.45) is 5.92 Å². The number of carbonyl (C=O) groups excluding carboxylic acids is 2. The summed E-state index contributed by atoms with van der Waals surface area (Å²) in [6, 6.07) is 6.14. The quantitative estimate of drug-likeness (QED) is 0.722. The van der Waals surface area contributed by atoms with Gasteiger partial charge in [0.1, 0.15) is 6.54 Å². The monoisotopic (exact) mass is 447 g/mol. The molecule has 1 aromatic rings. The number of rotatable bonds is 6. The number of alkyl halides is 3. The maximum Gasteiger partial charge on any atom is 0.406 e. The minimum atomic E-state index is -4.50. The molecule has 2 heterocycles. The highest BCUT2D eigenvalue weighted by molar-refractivity contribution is 7.89. The number of likely N-dealkylation sites (tertiary alicyclic amines) is 1. The van der Waals surface area contributed by atoms with E-state index in [2.05, 4.69) is 5.32 Å². The van der Waals surface area contributed by atoms with Crippen molar-refractivity contribution in [2.45, 2.75) is 43.3 Å². The van der Waals surface area contributed by atoms with Gasteiger partial charge in [-0.2, -0.15) is 17.5 Å². The molecule has 1 atom stereocenters. The summed E-state index contributed by atoms with van der Waals surface area (Å²) in [5.74, 6) is -2.03. The molecule has 0 spiro atoms. The molecular weight excluding hydrogens is 423 g/mol. The molecule has 1 N–H and O–H groups in total. The minimum Gasteiger partial charge on any atom is -0.352 e. The standard InChI is InChI=1S/C19H24F3N3O4S/c20-19(21,22)13-24-12-15(10-17(24)26)18(27)23-11-14-4-6-16(7-5-14)30(28,29)25-8-2-1-3-9-25/h4-7,15H,1-3,8-13H2,(H,23,27)/t15-/m0/s1. The summed E-state index contributed by atoms with van der Waals surface area (Å²) in [5, 5.41) is 2.61. The van der Waals surface area contributed by atoms with Crippen LogP contribution in [0.4, 0.5) is 13.2 Å². The van der Waals surface area contributed by atoms with E-state index in [4.69, 9.17) is 0 Å². The molecule has 7 nitrogen and oxygen atoms in total. The van der Waals surface area contributed by atoms with E-state index in [1.165, 1.54) is 16.4 Å². The Hall–Kier alpha value is -2.14. The summed E-state index contributed by atoms with van der Waals surface area (Å²) in [6.07, 6.45) is -2.06. The van der Waals surface area contributed by atoms with Gasteiger partial charge in [0.2, 0.25) is 21.8 Å². The average Bonchev–Trinajstić information content (AvgIpc) is 3.06. The molecule has 11 heteroatoms. The maximum absolute atomic E-state index is 12.6. The Bertz CT molecular complexity index is 881. The molecule has 0 saturated carbocycles. The highest BCUT2D eigenvalue weighted by Crippen LogP contribution is 2.24. The van der Waals surface area contributed by atoms with Crippen LogP contribution in [0.15, 0.2) is 29.2 Å². The van der Waals surface area contributed by atoms with E-state index in [0.717, 1.165) is 19.3 Å². The van der Waals surface area contributed by atoms with Crippen LogP contribution in [-0.2, 0) is 26.2 Å². The lowest BCUT2D eigenvalue weighted by molar-refractivity contribution is -0.157. The number of piperidine rings is 1. The van der Waals surface area contributed by atoms with Gasteiger partial charge in [0, 0.05) is 32.6 Å². The van der Waals surface area contributed by atoms with Gasteiger partial charge in [-0.3, -0.25) is 9.59 Å². The summed E-state index contributed by atoms with van der Waals surface area (Å²) in [4.78, 5) is 24.7. The van der Waals surface area contributed by atoms with Crippen LogP contribution in [-0.4, -0.2) is 61.8 Å². The SMILES string of the molecule is O=C(NCc1ccc(S(=O)(=O)N2CCCCC2)cc1)[C@H]1CC(=O)N(CC(F)(F)F)C1. The number of benzene rings is 1. The van der Waals surface area contributed by atoms with Crippen LogP contribution >= 0.6 is 0 Å². The molecular formula is C19H24F3N3O4S.